The Labute approximate surface area is 126 Å². The molecule has 0 bridgehead atoms. The number of ether oxygens (including phenoxy) is 1. The standard InChI is InChI=1S/C17H25NO3/c1-2-3-11-21-15-9-7-13(8-10-15)17(20)18-16-6-4-5-14(16)12-19/h7-10,14,16,19H,2-6,11-12H2,1H3,(H,18,20). The van der Waals surface area contributed by atoms with E-state index in [9.17, 15) is 9.90 Å². The van der Waals surface area contributed by atoms with E-state index in [4.69, 9.17) is 4.74 Å². The van der Waals surface area contributed by atoms with Crippen LogP contribution in [0.4, 0.5) is 0 Å². The summed E-state index contributed by atoms with van der Waals surface area (Å²) in [6.07, 6.45) is 5.15. The van der Waals surface area contributed by atoms with Gasteiger partial charge in [0.05, 0.1) is 6.61 Å². The lowest BCUT2D eigenvalue weighted by molar-refractivity contribution is 0.0916. The van der Waals surface area contributed by atoms with E-state index in [1.165, 1.54) is 0 Å². The maximum Gasteiger partial charge on any atom is 0.251 e. The van der Waals surface area contributed by atoms with E-state index < -0.39 is 0 Å². The largest absolute Gasteiger partial charge is 0.494 e. The van der Waals surface area contributed by atoms with Gasteiger partial charge in [-0.1, -0.05) is 19.8 Å². The Morgan fingerprint density at radius 2 is 2.10 bits per heavy atom. The number of unbranched alkanes of at least 4 members (excludes halogenated alkanes) is 1. The summed E-state index contributed by atoms with van der Waals surface area (Å²) in [7, 11) is 0. The Bertz CT molecular complexity index is 444. The quantitative estimate of drug-likeness (QED) is 0.759. The molecule has 116 valence electrons. The van der Waals surface area contributed by atoms with Gasteiger partial charge in [-0.25, -0.2) is 0 Å². The topological polar surface area (TPSA) is 58.6 Å². The van der Waals surface area contributed by atoms with Gasteiger partial charge in [0.15, 0.2) is 0 Å². The summed E-state index contributed by atoms with van der Waals surface area (Å²) in [5.74, 6) is 0.931. The van der Waals surface area contributed by atoms with Crippen LogP contribution < -0.4 is 10.1 Å². The summed E-state index contributed by atoms with van der Waals surface area (Å²) >= 11 is 0. The van der Waals surface area contributed by atoms with Crippen molar-refractivity contribution in [1.29, 1.82) is 0 Å². The number of rotatable bonds is 7. The molecule has 1 aromatic carbocycles. The molecule has 1 aliphatic rings. The number of aliphatic hydroxyl groups excluding tert-OH is 1. The molecule has 2 atom stereocenters. The van der Waals surface area contributed by atoms with E-state index in [2.05, 4.69) is 12.2 Å². The minimum Gasteiger partial charge on any atom is -0.494 e. The van der Waals surface area contributed by atoms with Gasteiger partial charge >= 0.3 is 0 Å². The first-order chi connectivity index (χ1) is 10.2. The summed E-state index contributed by atoms with van der Waals surface area (Å²) in [5, 5.41) is 12.3. The van der Waals surface area contributed by atoms with Gasteiger partial charge in [-0.2, -0.15) is 0 Å². The van der Waals surface area contributed by atoms with E-state index in [1.54, 1.807) is 12.1 Å². The van der Waals surface area contributed by atoms with Gasteiger partial charge in [0.2, 0.25) is 0 Å². The highest BCUT2D eigenvalue weighted by Crippen LogP contribution is 2.25. The summed E-state index contributed by atoms with van der Waals surface area (Å²) in [6.45, 7) is 2.98. The second-order valence-electron chi connectivity index (χ2n) is 5.68. The van der Waals surface area contributed by atoms with Crippen LogP contribution in [0.15, 0.2) is 24.3 Å². The van der Waals surface area contributed by atoms with E-state index >= 15 is 0 Å². The molecule has 0 aliphatic heterocycles. The normalized spacial score (nSPS) is 21.2. The minimum absolute atomic E-state index is 0.0690. The SMILES string of the molecule is CCCCOc1ccc(C(=O)NC2CCCC2CO)cc1. The molecule has 4 nitrogen and oxygen atoms in total. The van der Waals surface area contributed by atoms with Crippen molar-refractivity contribution in [3.63, 3.8) is 0 Å². The number of nitrogens with one attached hydrogen (secondary N) is 1. The molecule has 0 aromatic heterocycles. The second kappa shape index (κ2) is 8.03. The molecule has 0 saturated heterocycles. The number of amides is 1. The van der Waals surface area contributed by atoms with Crippen molar-refractivity contribution in [2.75, 3.05) is 13.2 Å². The zero-order chi connectivity index (χ0) is 15.1. The molecule has 1 fully saturated rings. The van der Waals surface area contributed by atoms with E-state index in [1.807, 2.05) is 12.1 Å². The number of carbonyl (C=O) groups is 1. The van der Waals surface area contributed by atoms with Crippen LogP contribution in [-0.4, -0.2) is 30.3 Å². The van der Waals surface area contributed by atoms with Crippen molar-refractivity contribution in [2.45, 2.75) is 45.1 Å². The predicted molar refractivity (Wildman–Crippen MR) is 82.5 cm³/mol. The summed E-state index contributed by atoms with van der Waals surface area (Å²) < 4.78 is 5.58. The van der Waals surface area contributed by atoms with E-state index in [0.717, 1.165) is 37.9 Å². The van der Waals surface area contributed by atoms with Crippen LogP contribution in [-0.2, 0) is 0 Å². The van der Waals surface area contributed by atoms with Gasteiger partial charge in [-0.15, -0.1) is 0 Å². The molecule has 2 rings (SSSR count). The first-order valence-corrected chi connectivity index (χ1v) is 7.89. The molecule has 4 heteroatoms. The fourth-order valence-corrected chi connectivity index (χ4v) is 2.73. The van der Waals surface area contributed by atoms with E-state index in [-0.39, 0.29) is 24.5 Å². The van der Waals surface area contributed by atoms with Crippen molar-refractivity contribution >= 4 is 5.91 Å². The Morgan fingerprint density at radius 3 is 2.76 bits per heavy atom. The van der Waals surface area contributed by atoms with Crippen molar-refractivity contribution in [2.24, 2.45) is 5.92 Å². The lowest BCUT2D eigenvalue weighted by Gasteiger charge is -2.19. The Hall–Kier alpha value is -1.55. The Morgan fingerprint density at radius 1 is 1.33 bits per heavy atom. The van der Waals surface area contributed by atoms with Gasteiger partial charge in [-0.3, -0.25) is 4.79 Å². The first-order valence-electron chi connectivity index (χ1n) is 7.89. The maximum absolute atomic E-state index is 12.2. The van der Waals surface area contributed by atoms with Crippen LogP contribution in [0.5, 0.6) is 5.75 Å². The number of benzene rings is 1. The molecule has 2 unspecified atom stereocenters. The smallest absolute Gasteiger partial charge is 0.251 e. The molecule has 21 heavy (non-hydrogen) atoms. The van der Waals surface area contributed by atoms with Crippen molar-refractivity contribution < 1.29 is 14.6 Å². The lowest BCUT2D eigenvalue weighted by atomic mass is 10.0. The van der Waals surface area contributed by atoms with Gasteiger partial charge in [0.1, 0.15) is 5.75 Å². The first kappa shape index (κ1) is 15.8. The average molecular weight is 291 g/mol. The maximum atomic E-state index is 12.2. The summed E-state index contributed by atoms with van der Waals surface area (Å²) in [5.41, 5.74) is 0.640. The number of aliphatic hydroxyl groups is 1. The van der Waals surface area contributed by atoms with Gasteiger partial charge in [-0.05, 0) is 43.5 Å². The Balaban J connectivity index is 1.87. The fourth-order valence-electron chi connectivity index (χ4n) is 2.73. The van der Waals surface area contributed by atoms with Gasteiger partial charge in [0, 0.05) is 24.1 Å². The van der Waals surface area contributed by atoms with Crippen molar-refractivity contribution in [3.8, 4) is 5.75 Å². The molecule has 0 spiro atoms. The zero-order valence-electron chi connectivity index (χ0n) is 12.7. The van der Waals surface area contributed by atoms with Crippen LogP contribution >= 0.6 is 0 Å². The summed E-state index contributed by atoms with van der Waals surface area (Å²) in [4.78, 5) is 12.2. The van der Waals surface area contributed by atoms with Crippen LogP contribution in [0.25, 0.3) is 0 Å². The van der Waals surface area contributed by atoms with E-state index in [0.29, 0.717) is 12.2 Å². The number of hydrogen-bond donors (Lipinski definition) is 2. The zero-order valence-corrected chi connectivity index (χ0v) is 12.7. The number of carbonyl (C=O) groups excluding carboxylic acids is 1. The highest BCUT2D eigenvalue weighted by molar-refractivity contribution is 5.94. The molecule has 0 heterocycles. The van der Waals surface area contributed by atoms with Crippen LogP contribution in [0.1, 0.15) is 49.4 Å². The van der Waals surface area contributed by atoms with Crippen molar-refractivity contribution in [1.82, 2.24) is 5.32 Å². The third kappa shape index (κ3) is 4.46. The minimum atomic E-state index is -0.0690. The molecule has 2 N–H and O–H groups in total. The Kier molecular flexibility index (Phi) is 6.05. The molecular weight excluding hydrogens is 266 g/mol. The second-order valence-corrected chi connectivity index (χ2v) is 5.68. The molecule has 0 radical (unpaired) electrons. The molecule has 1 aromatic rings. The molecule has 1 amide bonds. The molecule has 1 aliphatic carbocycles. The van der Waals surface area contributed by atoms with Crippen molar-refractivity contribution in [3.05, 3.63) is 29.8 Å². The summed E-state index contributed by atoms with van der Waals surface area (Å²) in [6, 6.07) is 7.35. The lowest BCUT2D eigenvalue weighted by Crippen LogP contribution is -2.38. The van der Waals surface area contributed by atoms with Gasteiger partial charge < -0.3 is 15.2 Å². The third-order valence-corrected chi connectivity index (χ3v) is 4.09. The highest BCUT2D eigenvalue weighted by atomic mass is 16.5. The fraction of sp³-hybridized carbons (Fsp3) is 0.588. The van der Waals surface area contributed by atoms with Crippen LogP contribution in [0.3, 0.4) is 0 Å². The monoisotopic (exact) mass is 291 g/mol. The third-order valence-electron chi connectivity index (χ3n) is 4.09. The average Bonchev–Trinajstić information content (AvgIpc) is 2.95. The highest BCUT2D eigenvalue weighted by Gasteiger charge is 2.28. The predicted octanol–water partition coefficient (Wildman–Crippen LogP) is 2.76. The van der Waals surface area contributed by atoms with Crippen LogP contribution in [0, 0.1) is 5.92 Å². The molecule has 1 saturated carbocycles. The number of hydrogen-bond acceptors (Lipinski definition) is 3. The van der Waals surface area contributed by atoms with Crippen LogP contribution in [0.2, 0.25) is 0 Å². The van der Waals surface area contributed by atoms with Gasteiger partial charge in [0.25, 0.3) is 5.91 Å². The molecular formula is C17H25NO3.